The van der Waals surface area contributed by atoms with Gasteiger partial charge in [0, 0.05) is 11.1 Å². The van der Waals surface area contributed by atoms with E-state index in [0.717, 1.165) is 6.07 Å². The van der Waals surface area contributed by atoms with E-state index in [0.29, 0.717) is 5.56 Å². The summed E-state index contributed by atoms with van der Waals surface area (Å²) in [6.45, 7) is 1.64. The molecule has 3 aromatic rings. The van der Waals surface area contributed by atoms with Crippen LogP contribution in [0.2, 0.25) is 0 Å². The van der Waals surface area contributed by atoms with Gasteiger partial charge < -0.3 is 11.1 Å². The summed E-state index contributed by atoms with van der Waals surface area (Å²) >= 11 is 0. The smallest absolute Gasteiger partial charge is 0.296 e. The molecule has 3 aromatic carbocycles. The lowest BCUT2D eigenvalue weighted by atomic mass is 9.82. The van der Waals surface area contributed by atoms with Gasteiger partial charge in [-0.25, -0.2) is 13.6 Å². The molecule has 12 heteroatoms. The summed E-state index contributed by atoms with van der Waals surface area (Å²) in [6, 6.07) is 11.0. The zero-order valence-corrected chi connectivity index (χ0v) is 18.6. The van der Waals surface area contributed by atoms with Crippen molar-refractivity contribution in [2.75, 3.05) is 11.1 Å². The van der Waals surface area contributed by atoms with Crippen LogP contribution in [0.25, 0.3) is 0 Å². The molecule has 0 unspecified atom stereocenters. The molecule has 0 radical (unpaired) electrons. The highest BCUT2D eigenvalue weighted by atomic mass is 32.2. The zero-order chi connectivity index (χ0) is 24.3. The number of benzene rings is 3. The summed E-state index contributed by atoms with van der Waals surface area (Å²) in [5.74, 6) is -1.36. The molecular formula is C21H17N3O7S2. The van der Waals surface area contributed by atoms with Crippen LogP contribution >= 0.6 is 0 Å². The van der Waals surface area contributed by atoms with Gasteiger partial charge in [-0.1, -0.05) is 30.3 Å². The Balaban J connectivity index is 2.06. The molecule has 1 aliphatic carbocycles. The average Bonchev–Trinajstić information content (AvgIpc) is 2.72. The lowest BCUT2D eigenvalue weighted by Crippen LogP contribution is -2.25. The molecule has 0 aliphatic heterocycles. The molecule has 33 heavy (non-hydrogen) atoms. The fourth-order valence-corrected chi connectivity index (χ4v) is 5.14. The molecule has 0 aromatic heterocycles. The van der Waals surface area contributed by atoms with Crippen molar-refractivity contribution < 1.29 is 31.0 Å². The van der Waals surface area contributed by atoms with Gasteiger partial charge in [0.15, 0.2) is 11.6 Å². The van der Waals surface area contributed by atoms with Crippen molar-refractivity contribution in [3.63, 3.8) is 0 Å². The lowest BCUT2D eigenvalue weighted by molar-refractivity contribution is 0.0980. The summed E-state index contributed by atoms with van der Waals surface area (Å²) in [4.78, 5) is 25.4. The Bertz CT molecular complexity index is 1590. The zero-order valence-electron chi connectivity index (χ0n) is 17.0. The van der Waals surface area contributed by atoms with Gasteiger partial charge in [0.2, 0.25) is 10.0 Å². The normalized spacial score (nSPS) is 13.4. The molecule has 10 nitrogen and oxygen atoms in total. The van der Waals surface area contributed by atoms with Gasteiger partial charge in [-0.2, -0.15) is 8.42 Å². The SMILES string of the molecule is Cc1ccc(Nc2cc(S(=O)(=O)O)c(N)c3c2C(=O)c2ccccc2C3=O)c(S(N)(=O)=O)c1. The molecule has 0 spiro atoms. The van der Waals surface area contributed by atoms with Crippen molar-refractivity contribution >= 4 is 48.8 Å². The predicted molar refractivity (Wildman–Crippen MR) is 120 cm³/mol. The highest BCUT2D eigenvalue weighted by molar-refractivity contribution is 7.89. The number of sulfonamides is 1. The summed E-state index contributed by atoms with van der Waals surface area (Å²) in [5, 5.41) is 8.00. The minimum atomic E-state index is -4.92. The number of anilines is 3. The largest absolute Gasteiger partial charge is 0.397 e. The highest BCUT2D eigenvalue weighted by Gasteiger charge is 2.36. The monoisotopic (exact) mass is 487 g/mol. The third kappa shape index (κ3) is 3.78. The van der Waals surface area contributed by atoms with Crippen molar-refractivity contribution in [2.45, 2.75) is 16.7 Å². The molecule has 0 atom stereocenters. The van der Waals surface area contributed by atoms with E-state index in [4.69, 9.17) is 10.9 Å². The number of rotatable bonds is 4. The van der Waals surface area contributed by atoms with Crippen LogP contribution in [0.1, 0.15) is 37.4 Å². The number of carbonyl (C=O) groups is 2. The van der Waals surface area contributed by atoms with Crippen LogP contribution in [0.4, 0.5) is 17.1 Å². The Morgan fingerprint density at radius 1 is 0.818 bits per heavy atom. The van der Waals surface area contributed by atoms with Gasteiger partial charge in [-0.15, -0.1) is 0 Å². The van der Waals surface area contributed by atoms with Gasteiger partial charge >= 0.3 is 0 Å². The Morgan fingerprint density at radius 3 is 1.94 bits per heavy atom. The second-order valence-corrected chi connectivity index (χ2v) is 10.4. The number of ketones is 2. The second kappa shape index (κ2) is 7.49. The number of fused-ring (bicyclic) bond motifs is 2. The highest BCUT2D eigenvalue weighted by Crippen LogP contribution is 2.40. The van der Waals surface area contributed by atoms with Crippen LogP contribution in [0.3, 0.4) is 0 Å². The quantitative estimate of drug-likeness (QED) is 0.246. The fraction of sp³-hybridized carbons (Fsp3) is 0.0476. The third-order valence-electron chi connectivity index (χ3n) is 5.19. The molecule has 170 valence electrons. The van der Waals surface area contributed by atoms with E-state index in [9.17, 15) is 31.0 Å². The van der Waals surface area contributed by atoms with Gasteiger partial charge in [0.1, 0.15) is 9.79 Å². The molecular weight excluding hydrogens is 470 g/mol. The van der Waals surface area contributed by atoms with E-state index in [1.807, 2.05) is 0 Å². The summed E-state index contributed by atoms with van der Waals surface area (Å²) in [5.41, 5.74) is 4.99. The summed E-state index contributed by atoms with van der Waals surface area (Å²) in [6.07, 6.45) is 0. The first-order valence-corrected chi connectivity index (χ1v) is 12.3. The van der Waals surface area contributed by atoms with Crippen LogP contribution < -0.4 is 16.2 Å². The van der Waals surface area contributed by atoms with Crippen LogP contribution in [0.15, 0.2) is 58.3 Å². The average molecular weight is 488 g/mol. The number of primary sulfonamides is 1. The molecule has 6 N–H and O–H groups in total. The molecule has 4 rings (SSSR count). The Hall–Kier alpha value is -3.58. The minimum Gasteiger partial charge on any atom is -0.397 e. The number of hydrogen-bond acceptors (Lipinski definition) is 8. The van der Waals surface area contributed by atoms with E-state index in [2.05, 4.69) is 5.32 Å². The maximum atomic E-state index is 13.3. The van der Waals surface area contributed by atoms with E-state index in [1.54, 1.807) is 19.1 Å². The number of nitrogens with one attached hydrogen (secondary N) is 1. The molecule has 0 fully saturated rings. The van der Waals surface area contributed by atoms with Gasteiger partial charge in [-0.3, -0.25) is 14.1 Å². The standard InChI is InChI=1S/C21H17N3O7S2/c1-10-6-7-13(15(8-10)32(23,27)28)24-14-9-16(33(29,30)31)19(22)18-17(14)20(25)11-4-2-3-5-12(11)21(18)26/h2-9,24H,22H2,1H3,(H2,23,27,28)(H,29,30,31). The van der Waals surface area contributed by atoms with Gasteiger partial charge in [-0.05, 0) is 30.7 Å². The van der Waals surface area contributed by atoms with Crippen LogP contribution in [-0.2, 0) is 20.1 Å². The number of carbonyl (C=O) groups excluding carboxylic acids is 2. The number of aryl methyl sites for hydroxylation is 1. The molecule has 0 bridgehead atoms. The van der Waals surface area contributed by atoms with Crippen molar-refractivity contribution in [3.05, 3.63) is 76.3 Å². The molecule has 0 saturated heterocycles. The Morgan fingerprint density at radius 2 is 1.39 bits per heavy atom. The van der Waals surface area contributed by atoms with Gasteiger partial charge in [0.05, 0.1) is 28.2 Å². The molecule has 0 heterocycles. The second-order valence-electron chi connectivity index (χ2n) is 7.43. The molecule has 0 amide bonds. The van der Waals surface area contributed by atoms with E-state index >= 15 is 0 Å². The Kier molecular flexibility index (Phi) is 5.13. The first-order valence-electron chi connectivity index (χ1n) is 9.33. The topological polar surface area (TPSA) is 187 Å². The predicted octanol–water partition coefficient (Wildman–Crippen LogP) is 1.99. The van der Waals surface area contributed by atoms with Crippen molar-refractivity contribution in [1.82, 2.24) is 0 Å². The van der Waals surface area contributed by atoms with E-state index in [-0.39, 0.29) is 33.0 Å². The lowest BCUT2D eigenvalue weighted by Gasteiger charge is -2.24. The van der Waals surface area contributed by atoms with Crippen LogP contribution in [0, 0.1) is 6.92 Å². The minimum absolute atomic E-state index is 0.0145. The van der Waals surface area contributed by atoms with Crippen LogP contribution in [-0.4, -0.2) is 33.0 Å². The van der Waals surface area contributed by atoms with Gasteiger partial charge in [0.25, 0.3) is 10.1 Å². The van der Waals surface area contributed by atoms with Crippen molar-refractivity contribution in [2.24, 2.45) is 5.14 Å². The number of hydrogen-bond donors (Lipinski definition) is 4. The fourth-order valence-electron chi connectivity index (χ4n) is 3.72. The maximum absolute atomic E-state index is 13.3. The maximum Gasteiger partial charge on any atom is 0.296 e. The van der Waals surface area contributed by atoms with E-state index in [1.165, 1.54) is 30.3 Å². The molecule has 0 saturated carbocycles. The molecule has 1 aliphatic rings. The summed E-state index contributed by atoms with van der Waals surface area (Å²) in [7, 11) is -9.14. The first kappa shape index (κ1) is 22.6. The van der Waals surface area contributed by atoms with Crippen LogP contribution in [0.5, 0.6) is 0 Å². The Labute approximate surface area is 189 Å². The number of nitrogen functional groups attached to an aromatic ring is 1. The van der Waals surface area contributed by atoms with Crippen molar-refractivity contribution in [3.8, 4) is 0 Å². The summed E-state index contributed by atoms with van der Waals surface area (Å²) < 4.78 is 57.9. The first-order chi connectivity index (χ1) is 15.3. The third-order valence-corrected chi connectivity index (χ3v) is 7.04. The number of nitrogens with two attached hydrogens (primary N) is 2. The van der Waals surface area contributed by atoms with E-state index < -0.39 is 47.9 Å². The van der Waals surface area contributed by atoms with Crippen molar-refractivity contribution in [1.29, 1.82) is 0 Å².